The first-order chi connectivity index (χ1) is 12.5. The molecule has 0 spiro atoms. The minimum absolute atomic E-state index is 0.108. The van der Waals surface area contributed by atoms with Crippen molar-refractivity contribution in [1.29, 1.82) is 0 Å². The maximum absolute atomic E-state index is 11.9. The molecular weight excluding hydrogens is 338 g/mol. The number of nitrogens with one attached hydrogen (secondary N) is 1. The molecule has 0 fully saturated rings. The van der Waals surface area contributed by atoms with Gasteiger partial charge in [0.05, 0.1) is 19.8 Å². The molecule has 0 aromatic heterocycles. The normalized spacial score (nSPS) is 10.1. The van der Waals surface area contributed by atoms with Crippen LogP contribution in [0.15, 0.2) is 42.5 Å². The molecule has 7 nitrogen and oxygen atoms in total. The molecule has 0 aliphatic rings. The van der Waals surface area contributed by atoms with Crippen molar-refractivity contribution < 1.29 is 28.9 Å². The number of rotatable bonds is 9. The van der Waals surface area contributed by atoms with Crippen LogP contribution in [0.3, 0.4) is 0 Å². The molecule has 1 amide bonds. The number of ether oxygens (including phenoxy) is 3. The smallest absolute Gasteiger partial charge is 0.335 e. The van der Waals surface area contributed by atoms with Gasteiger partial charge in [0, 0.05) is 6.54 Å². The standard InChI is InChI=1S/C19H21NO6/c1-24-16-7-6-13(10-17(16)25-2)8-9-20-18(21)12-26-15-5-3-4-14(11-15)19(22)23/h3-7,10-11H,8-9,12H2,1-2H3,(H,20,21)(H,22,23). The number of methoxy groups -OCH3 is 2. The predicted octanol–water partition coefficient (Wildman–Crippen LogP) is 2.14. The Morgan fingerprint density at radius 3 is 2.50 bits per heavy atom. The van der Waals surface area contributed by atoms with E-state index in [2.05, 4.69) is 5.32 Å². The van der Waals surface area contributed by atoms with Crippen molar-refractivity contribution >= 4 is 11.9 Å². The molecule has 0 aliphatic heterocycles. The van der Waals surface area contributed by atoms with Gasteiger partial charge in [0.1, 0.15) is 5.75 Å². The van der Waals surface area contributed by atoms with Gasteiger partial charge in [0.25, 0.3) is 5.91 Å². The summed E-state index contributed by atoms with van der Waals surface area (Å²) >= 11 is 0. The van der Waals surface area contributed by atoms with Crippen LogP contribution in [0, 0.1) is 0 Å². The summed E-state index contributed by atoms with van der Waals surface area (Å²) < 4.78 is 15.7. The lowest BCUT2D eigenvalue weighted by Crippen LogP contribution is -2.30. The molecule has 0 saturated carbocycles. The Balaban J connectivity index is 1.79. The maximum Gasteiger partial charge on any atom is 0.335 e. The third-order valence-electron chi connectivity index (χ3n) is 3.63. The van der Waals surface area contributed by atoms with Gasteiger partial charge in [-0.1, -0.05) is 12.1 Å². The number of carboxylic acid groups (broad SMARTS) is 1. The number of carbonyl (C=O) groups excluding carboxylic acids is 1. The summed E-state index contributed by atoms with van der Waals surface area (Å²) in [6, 6.07) is 11.6. The first-order valence-corrected chi connectivity index (χ1v) is 7.97. The van der Waals surface area contributed by atoms with Gasteiger partial charge in [0.15, 0.2) is 18.1 Å². The highest BCUT2D eigenvalue weighted by Gasteiger charge is 2.07. The van der Waals surface area contributed by atoms with Crippen molar-refractivity contribution in [3.63, 3.8) is 0 Å². The minimum Gasteiger partial charge on any atom is -0.493 e. The van der Waals surface area contributed by atoms with Crippen LogP contribution in [0.4, 0.5) is 0 Å². The summed E-state index contributed by atoms with van der Waals surface area (Å²) in [5, 5.41) is 11.7. The predicted molar refractivity (Wildman–Crippen MR) is 95.2 cm³/mol. The molecule has 0 atom stereocenters. The van der Waals surface area contributed by atoms with Crippen LogP contribution < -0.4 is 19.5 Å². The number of aromatic carboxylic acids is 1. The highest BCUT2D eigenvalue weighted by molar-refractivity contribution is 5.88. The average Bonchev–Trinajstić information content (AvgIpc) is 2.66. The Hall–Kier alpha value is -3.22. The molecule has 2 N–H and O–H groups in total. The third kappa shape index (κ3) is 5.41. The summed E-state index contributed by atoms with van der Waals surface area (Å²) in [5.41, 5.74) is 1.11. The minimum atomic E-state index is -1.05. The second-order valence-corrected chi connectivity index (χ2v) is 5.41. The lowest BCUT2D eigenvalue weighted by atomic mass is 10.1. The Kier molecular flexibility index (Phi) is 6.84. The van der Waals surface area contributed by atoms with Crippen molar-refractivity contribution in [3.8, 4) is 17.2 Å². The van der Waals surface area contributed by atoms with E-state index in [-0.39, 0.29) is 18.1 Å². The second kappa shape index (κ2) is 9.31. The fraction of sp³-hybridized carbons (Fsp3) is 0.263. The van der Waals surface area contributed by atoms with E-state index in [1.165, 1.54) is 12.1 Å². The van der Waals surface area contributed by atoms with Gasteiger partial charge in [-0.25, -0.2) is 4.79 Å². The fourth-order valence-corrected chi connectivity index (χ4v) is 2.30. The van der Waals surface area contributed by atoms with E-state index in [9.17, 15) is 9.59 Å². The number of carbonyl (C=O) groups is 2. The molecule has 26 heavy (non-hydrogen) atoms. The number of carboxylic acids is 1. The average molecular weight is 359 g/mol. The zero-order chi connectivity index (χ0) is 18.9. The molecule has 0 radical (unpaired) electrons. The fourth-order valence-electron chi connectivity index (χ4n) is 2.30. The highest BCUT2D eigenvalue weighted by Crippen LogP contribution is 2.27. The molecule has 0 saturated heterocycles. The summed E-state index contributed by atoms with van der Waals surface area (Å²) in [4.78, 5) is 22.8. The van der Waals surface area contributed by atoms with Crippen molar-refractivity contribution in [3.05, 3.63) is 53.6 Å². The summed E-state index contributed by atoms with van der Waals surface area (Å²) in [6.45, 7) is 0.252. The van der Waals surface area contributed by atoms with Crippen LogP contribution in [-0.2, 0) is 11.2 Å². The summed E-state index contributed by atoms with van der Waals surface area (Å²) in [7, 11) is 3.14. The molecule has 138 valence electrons. The van der Waals surface area contributed by atoms with Gasteiger partial charge in [0.2, 0.25) is 0 Å². The van der Waals surface area contributed by atoms with E-state index in [1.807, 2.05) is 18.2 Å². The summed E-state index contributed by atoms with van der Waals surface area (Å²) in [5.74, 6) is 0.288. The molecule has 0 bridgehead atoms. The van der Waals surface area contributed by atoms with Gasteiger partial charge in [-0.2, -0.15) is 0 Å². The lowest BCUT2D eigenvalue weighted by molar-refractivity contribution is -0.123. The molecule has 0 aliphatic carbocycles. The summed E-state index contributed by atoms with van der Waals surface area (Å²) in [6.07, 6.45) is 0.626. The molecule has 0 heterocycles. The Morgan fingerprint density at radius 2 is 1.81 bits per heavy atom. The van der Waals surface area contributed by atoms with E-state index >= 15 is 0 Å². The third-order valence-corrected chi connectivity index (χ3v) is 3.63. The van der Waals surface area contributed by atoms with Crippen molar-refractivity contribution in [2.45, 2.75) is 6.42 Å². The van der Waals surface area contributed by atoms with Gasteiger partial charge in [-0.05, 0) is 42.3 Å². The van der Waals surface area contributed by atoms with Gasteiger partial charge >= 0.3 is 5.97 Å². The molecular formula is C19H21NO6. The zero-order valence-corrected chi connectivity index (χ0v) is 14.7. The molecule has 0 unspecified atom stereocenters. The number of amides is 1. The van der Waals surface area contributed by atoms with E-state index in [0.717, 1.165) is 5.56 Å². The topological polar surface area (TPSA) is 94.1 Å². The van der Waals surface area contributed by atoms with Crippen LogP contribution in [0.25, 0.3) is 0 Å². The first-order valence-electron chi connectivity index (χ1n) is 7.97. The Labute approximate surface area is 151 Å². The van der Waals surface area contributed by atoms with Crippen LogP contribution in [0.2, 0.25) is 0 Å². The van der Waals surface area contributed by atoms with Crippen molar-refractivity contribution in [1.82, 2.24) is 5.32 Å². The lowest BCUT2D eigenvalue weighted by Gasteiger charge is -2.10. The van der Waals surface area contributed by atoms with Gasteiger partial charge in [-0.3, -0.25) is 4.79 Å². The molecule has 2 aromatic carbocycles. The van der Waals surface area contributed by atoms with Gasteiger partial charge in [-0.15, -0.1) is 0 Å². The van der Waals surface area contributed by atoms with E-state index in [4.69, 9.17) is 19.3 Å². The number of benzene rings is 2. The van der Waals surface area contributed by atoms with Gasteiger partial charge < -0.3 is 24.6 Å². The Bertz CT molecular complexity index is 774. The molecule has 7 heteroatoms. The number of hydrogen-bond donors (Lipinski definition) is 2. The van der Waals surface area contributed by atoms with E-state index in [0.29, 0.717) is 30.2 Å². The number of hydrogen-bond acceptors (Lipinski definition) is 5. The van der Waals surface area contributed by atoms with Crippen molar-refractivity contribution in [2.75, 3.05) is 27.4 Å². The van der Waals surface area contributed by atoms with Crippen molar-refractivity contribution in [2.24, 2.45) is 0 Å². The highest BCUT2D eigenvalue weighted by atomic mass is 16.5. The zero-order valence-electron chi connectivity index (χ0n) is 14.7. The van der Waals surface area contributed by atoms with Crippen LogP contribution in [-0.4, -0.2) is 44.4 Å². The largest absolute Gasteiger partial charge is 0.493 e. The van der Waals surface area contributed by atoms with E-state index in [1.54, 1.807) is 26.4 Å². The van der Waals surface area contributed by atoms with E-state index < -0.39 is 5.97 Å². The SMILES string of the molecule is COc1ccc(CCNC(=O)COc2cccc(C(=O)O)c2)cc1OC. The van der Waals surface area contributed by atoms with Crippen LogP contribution in [0.5, 0.6) is 17.2 Å². The van der Waals surface area contributed by atoms with Crippen LogP contribution in [0.1, 0.15) is 15.9 Å². The first kappa shape index (κ1) is 19.1. The maximum atomic E-state index is 11.9. The molecule has 2 aromatic rings. The monoisotopic (exact) mass is 359 g/mol. The Morgan fingerprint density at radius 1 is 1.04 bits per heavy atom. The van der Waals surface area contributed by atoms with Crippen LogP contribution >= 0.6 is 0 Å². The second-order valence-electron chi connectivity index (χ2n) is 5.41. The quantitative estimate of drug-likeness (QED) is 0.712. The molecule has 2 rings (SSSR count).